The third-order valence-corrected chi connectivity index (χ3v) is 3.36. The highest BCUT2D eigenvalue weighted by Gasteiger charge is 2.20. The monoisotopic (exact) mass is 280 g/mol. The molecule has 0 aliphatic rings. The van der Waals surface area contributed by atoms with Crippen molar-refractivity contribution in [2.75, 3.05) is 7.05 Å². The summed E-state index contributed by atoms with van der Waals surface area (Å²) >= 11 is 1.14. The Hall–Kier alpha value is -1.83. The lowest BCUT2D eigenvalue weighted by atomic mass is 10.2. The maximum Gasteiger partial charge on any atom is 0.267 e. The molecule has 7 nitrogen and oxygen atoms in total. The normalized spacial score (nSPS) is 10.7. The van der Waals surface area contributed by atoms with Gasteiger partial charge in [-0.2, -0.15) is 5.10 Å². The lowest BCUT2D eigenvalue weighted by Gasteiger charge is -2.14. The van der Waals surface area contributed by atoms with Gasteiger partial charge >= 0.3 is 0 Å². The molecule has 1 N–H and O–H groups in total. The number of nitrogens with one attached hydrogen (secondary N) is 1. The molecule has 0 saturated carbocycles. The predicted octanol–water partition coefficient (Wildman–Crippen LogP) is 1.19. The van der Waals surface area contributed by atoms with Crippen molar-refractivity contribution in [2.24, 2.45) is 0 Å². The van der Waals surface area contributed by atoms with E-state index in [4.69, 9.17) is 0 Å². The molecule has 0 bridgehead atoms. The van der Waals surface area contributed by atoms with E-state index in [9.17, 15) is 4.79 Å². The van der Waals surface area contributed by atoms with Crippen LogP contribution in [0.1, 0.15) is 40.4 Å². The first-order chi connectivity index (χ1) is 9.11. The zero-order valence-electron chi connectivity index (χ0n) is 11.2. The van der Waals surface area contributed by atoms with Crippen LogP contribution in [0.4, 0.5) is 0 Å². The Morgan fingerprint density at radius 3 is 2.89 bits per heavy atom. The summed E-state index contributed by atoms with van der Waals surface area (Å²) in [7, 11) is 1.73. The standard InChI is InChI=1S/C11H16N6OS/c1-4-5-8-10(19-16-14-8)11(18)17(3)6-9-12-7(2)13-15-9/h4-6H2,1-3H3,(H,12,13,15). The lowest BCUT2D eigenvalue weighted by molar-refractivity contribution is 0.0785. The molecule has 0 fully saturated rings. The number of aryl methyl sites for hydroxylation is 2. The number of hydrogen-bond donors (Lipinski definition) is 1. The molecule has 102 valence electrons. The first-order valence-corrected chi connectivity index (χ1v) is 6.83. The Morgan fingerprint density at radius 1 is 1.47 bits per heavy atom. The molecule has 0 aromatic carbocycles. The van der Waals surface area contributed by atoms with Gasteiger partial charge in [0.25, 0.3) is 5.91 Å². The van der Waals surface area contributed by atoms with Gasteiger partial charge < -0.3 is 4.90 Å². The van der Waals surface area contributed by atoms with Crippen molar-refractivity contribution in [1.29, 1.82) is 0 Å². The Labute approximate surface area is 115 Å². The van der Waals surface area contributed by atoms with Gasteiger partial charge in [0.2, 0.25) is 0 Å². The summed E-state index contributed by atoms with van der Waals surface area (Å²) in [6.45, 7) is 4.24. The topological polar surface area (TPSA) is 87.7 Å². The van der Waals surface area contributed by atoms with Gasteiger partial charge in [-0.3, -0.25) is 9.89 Å². The molecule has 0 spiro atoms. The molecule has 2 aromatic rings. The molecule has 1 amide bonds. The van der Waals surface area contributed by atoms with E-state index in [1.807, 2.05) is 13.8 Å². The summed E-state index contributed by atoms with van der Waals surface area (Å²) in [4.78, 5) is 18.7. The minimum absolute atomic E-state index is 0.0825. The molecular weight excluding hydrogens is 264 g/mol. The van der Waals surface area contributed by atoms with Crippen LogP contribution in [0.5, 0.6) is 0 Å². The van der Waals surface area contributed by atoms with Crippen LogP contribution in [0, 0.1) is 6.92 Å². The summed E-state index contributed by atoms with van der Waals surface area (Å²) in [5.74, 6) is 1.26. The average molecular weight is 280 g/mol. The first kappa shape index (κ1) is 13.6. The molecule has 2 heterocycles. The van der Waals surface area contributed by atoms with E-state index in [1.165, 1.54) is 0 Å². The molecule has 0 atom stereocenters. The van der Waals surface area contributed by atoms with Crippen molar-refractivity contribution in [3.63, 3.8) is 0 Å². The van der Waals surface area contributed by atoms with E-state index < -0.39 is 0 Å². The molecule has 0 aliphatic carbocycles. The molecule has 2 aromatic heterocycles. The maximum absolute atomic E-state index is 12.3. The van der Waals surface area contributed by atoms with E-state index in [1.54, 1.807) is 11.9 Å². The second-order valence-corrected chi connectivity index (χ2v) is 5.05. The molecule has 0 radical (unpaired) electrons. The summed E-state index contributed by atoms with van der Waals surface area (Å²) in [5, 5.41) is 10.8. The van der Waals surface area contributed by atoms with Gasteiger partial charge in [-0.25, -0.2) is 4.98 Å². The minimum atomic E-state index is -0.0825. The Kier molecular flexibility index (Phi) is 4.20. The minimum Gasteiger partial charge on any atom is -0.333 e. The van der Waals surface area contributed by atoms with Crippen LogP contribution in [-0.4, -0.2) is 42.6 Å². The van der Waals surface area contributed by atoms with E-state index in [0.29, 0.717) is 17.2 Å². The van der Waals surface area contributed by atoms with Crippen molar-refractivity contribution in [3.05, 3.63) is 22.2 Å². The molecule has 0 aliphatic heterocycles. The number of hydrogen-bond acceptors (Lipinski definition) is 6. The third-order valence-electron chi connectivity index (χ3n) is 2.61. The second kappa shape index (κ2) is 5.87. The number of H-pyrrole nitrogens is 1. The van der Waals surface area contributed by atoms with Crippen LogP contribution in [0.25, 0.3) is 0 Å². The summed E-state index contributed by atoms with van der Waals surface area (Å²) in [6, 6.07) is 0. The van der Waals surface area contributed by atoms with E-state index in [2.05, 4.69) is 24.8 Å². The fourth-order valence-corrected chi connectivity index (χ4v) is 2.39. The number of aromatic amines is 1. The van der Waals surface area contributed by atoms with Crippen molar-refractivity contribution in [3.8, 4) is 0 Å². The lowest BCUT2D eigenvalue weighted by Crippen LogP contribution is -2.26. The number of carbonyl (C=O) groups is 1. The summed E-state index contributed by atoms with van der Waals surface area (Å²) in [6.07, 6.45) is 1.71. The van der Waals surface area contributed by atoms with Gasteiger partial charge in [0, 0.05) is 7.05 Å². The highest BCUT2D eigenvalue weighted by Crippen LogP contribution is 2.15. The number of amides is 1. The number of nitrogens with zero attached hydrogens (tertiary/aromatic N) is 5. The highest BCUT2D eigenvalue weighted by atomic mass is 32.1. The van der Waals surface area contributed by atoms with Crippen LogP contribution in [0.15, 0.2) is 0 Å². The number of rotatable bonds is 5. The van der Waals surface area contributed by atoms with Crippen LogP contribution in [-0.2, 0) is 13.0 Å². The predicted molar refractivity (Wildman–Crippen MR) is 70.8 cm³/mol. The number of carbonyl (C=O) groups excluding carboxylic acids is 1. The van der Waals surface area contributed by atoms with Gasteiger partial charge in [-0.1, -0.05) is 17.8 Å². The van der Waals surface area contributed by atoms with Gasteiger partial charge in [0.1, 0.15) is 10.7 Å². The molecule has 19 heavy (non-hydrogen) atoms. The third kappa shape index (κ3) is 3.14. The van der Waals surface area contributed by atoms with Crippen LogP contribution < -0.4 is 0 Å². The maximum atomic E-state index is 12.3. The van der Waals surface area contributed by atoms with E-state index in [0.717, 1.165) is 35.9 Å². The smallest absolute Gasteiger partial charge is 0.267 e. The summed E-state index contributed by atoms with van der Waals surface area (Å²) in [5.41, 5.74) is 0.774. The SMILES string of the molecule is CCCc1nnsc1C(=O)N(C)Cc1n[nH]c(C)n1. The van der Waals surface area contributed by atoms with Gasteiger partial charge in [0.15, 0.2) is 5.82 Å². The first-order valence-electron chi connectivity index (χ1n) is 6.06. The van der Waals surface area contributed by atoms with E-state index in [-0.39, 0.29) is 5.91 Å². The van der Waals surface area contributed by atoms with Crippen molar-refractivity contribution < 1.29 is 4.79 Å². The molecular formula is C11H16N6OS. The quantitative estimate of drug-likeness (QED) is 0.888. The van der Waals surface area contributed by atoms with Gasteiger partial charge in [0.05, 0.1) is 12.2 Å². The van der Waals surface area contributed by atoms with Crippen LogP contribution in [0.2, 0.25) is 0 Å². The fourth-order valence-electron chi connectivity index (χ4n) is 1.69. The zero-order chi connectivity index (χ0) is 13.8. The van der Waals surface area contributed by atoms with Gasteiger partial charge in [-0.15, -0.1) is 5.10 Å². The van der Waals surface area contributed by atoms with Crippen molar-refractivity contribution in [2.45, 2.75) is 33.2 Å². The Balaban J connectivity index is 2.08. The van der Waals surface area contributed by atoms with Crippen molar-refractivity contribution in [1.82, 2.24) is 29.7 Å². The highest BCUT2D eigenvalue weighted by molar-refractivity contribution is 7.07. The molecule has 0 unspecified atom stereocenters. The zero-order valence-corrected chi connectivity index (χ0v) is 12.0. The molecule has 0 saturated heterocycles. The van der Waals surface area contributed by atoms with Crippen LogP contribution >= 0.6 is 11.5 Å². The Bertz CT molecular complexity index is 563. The fraction of sp³-hybridized carbons (Fsp3) is 0.545. The van der Waals surface area contributed by atoms with Crippen LogP contribution in [0.3, 0.4) is 0 Å². The molecule has 8 heteroatoms. The number of aromatic nitrogens is 5. The Morgan fingerprint density at radius 2 is 2.26 bits per heavy atom. The molecule has 2 rings (SSSR count). The average Bonchev–Trinajstić information content (AvgIpc) is 2.98. The summed E-state index contributed by atoms with van der Waals surface area (Å²) < 4.78 is 3.86. The van der Waals surface area contributed by atoms with Crippen molar-refractivity contribution >= 4 is 17.4 Å². The van der Waals surface area contributed by atoms with Gasteiger partial charge in [-0.05, 0) is 24.9 Å². The van der Waals surface area contributed by atoms with E-state index >= 15 is 0 Å². The second-order valence-electron chi connectivity index (χ2n) is 4.30. The largest absolute Gasteiger partial charge is 0.333 e.